The maximum absolute atomic E-state index is 10.4. The number of pyridine rings is 1. The highest BCUT2D eigenvalue weighted by Gasteiger charge is 2.57. The molecule has 0 saturated heterocycles. The molecule has 2 aromatic heterocycles. The molecule has 4 aromatic rings. The highest BCUT2D eigenvalue weighted by Crippen LogP contribution is 2.63. The molecule has 172 valence electrons. The zero-order chi connectivity index (χ0) is 24.1. The number of phenols is 1. The first-order valence-corrected chi connectivity index (χ1v) is 12.0. The normalized spacial score (nSPS) is 18.7. The van der Waals surface area contributed by atoms with Crippen molar-refractivity contribution >= 4 is 21.8 Å². The van der Waals surface area contributed by atoms with Gasteiger partial charge in [0.2, 0.25) is 0 Å². The lowest BCUT2D eigenvalue weighted by Crippen LogP contribution is -2.42. The van der Waals surface area contributed by atoms with Gasteiger partial charge in [-0.3, -0.25) is 4.57 Å². The Morgan fingerprint density at radius 1 is 0.818 bits per heavy atom. The van der Waals surface area contributed by atoms with Crippen LogP contribution in [0.1, 0.15) is 79.0 Å². The highest BCUT2D eigenvalue weighted by molar-refractivity contribution is 6.12. The Bertz CT molecular complexity index is 1430. The summed E-state index contributed by atoms with van der Waals surface area (Å²) in [6, 6.07) is 14.6. The number of nitrogens with zero attached hydrogens (tertiary/aromatic N) is 2. The molecule has 3 nitrogen and oxygen atoms in total. The van der Waals surface area contributed by atoms with Gasteiger partial charge in [-0.25, -0.2) is 4.98 Å². The van der Waals surface area contributed by atoms with Crippen molar-refractivity contribution in [1.82, 2.24) is 9.55 Å². The van der Waals surface area contributed by atoms with Crippen LogP contribution in [0.25, 0.3) is 27.6 Å². The monoisotopic (exact) mass is 440 g/mol. The molecule has 33 heavy (non-hydrogen) atoms. The number of rotatable bonds is 1. The van der Waals surface area contributed by atoms with Crippen molar-refractivity contribution in [3.05, 3.63) is 65.4 Å². The Labute approximate surface area is 197 Å². The minimum Gasteiger partial charge on any atom is -0.508 e. The molecule has 0 spiro atoms. The van der Waals surface area contributed by atoms with Crippen molar-refractivity contribution in [2.24, 2.45) is 5.41 Å². The predicted octanol–water partition coefficient (Wildman–Crippen LogP) is 7.78. The van der Waals surface area contributed by atoms with Crippen molar-refractivity contribution in [2.75, 3.05) is 0 Å². The van der Waals surface area contributed by atoms with Crippen LogP contribution in [-0.4, -0.2) is 14.7 Å². The summed E-state index contributed by atoms with van der Waals surface area (Å²) in [5.41, 5.74) is 6.35. The van der Waals surface area contributed by atoms with E-state index in [2.05, 4.69) is 97.2 Å². The van der Waals surface area contributed by atoms with Crippen LogP contribution in [0.15, 0.2) is 48.7 Å². The van der Waals surface area contributed by atoms with Crippen molar-refractivity contribution in [2.45, 2.75) is 78.6 Å². The topological polar surface area (TPSA) is 38.0 Å². The summed E-state index contributed by atoms with van der Waals surface area (Å²) in [6.45, 7) is 21.0. The summed E-state index contributed by atoms with van der Waals surface area (Å²) in [4.78, 5) is 4.79. The second kappa shape index (κ2) is 6.40. The van der Waals surface area contributed by atoms with E-state index in [0.29, 0.717) is 0 Å². The van der Waals surface area contributed by atoms with E-state index in [9.17, 15) is 5.11 Å². The molecule has 1 N–H and O–H groups in total. The van der Waals surface area contributed by atoms with E-state index in [4.69, 9.17) is 4.98 Å². The zero-order valence-electron chi connectivity index (χ0n) is 21.5. The maximum atomic E-state index is 10.4. The number of benzene rings is 2. The lowest BCUT2D eigenvalue weighted by molar-refractivity contribution is 0.125. The summed E-state index contributed by atoms with van der Waals surface area (Å²) in [5.74, 6) is 1.16. The summed E-state index contributed by atoms with van der Waals surface area (Å²) in [7, 11) is 0. The molecule has 0 radical (unpaired) electrons. The second-order valence-electron chi connectivity index (χ2n) is 12.4. The van der Waals surface area contributed by atoms with Crippen LogP contribution in [-0.2, 0) is 16.2 Å². The third-order valence-corrected chi connectivity index (χ3v) is 9.18. The first kappa shape index (κ1) is 22.0. The van der Waals surface area contributed by atoms with Crippen LogP contribution in [0.2, 0.25) is 0 Å². The fraction of sp³-hybridized carbons (Fsp3) is 0.433. The maximum Gasteiger partial charge on any atom is 0.137 e. The number of phenolic OH excluding ortho intramolecular Hbond substituents is 1. The molecule has 3 heteroatoms. The van der Waals surface area contributed by atoms with Gasteiger partial charge in [-0.15, -0.1) is 0 Å². The van der Waals surface area contributed by atoms with E-state index in [0.717, 1.165) is 16.9 Å². The van der Waals surface area contributed by atoms with E-state index < -0.39 is 0 Å². The number of aromatic hydroxyl groups is 1. The van der Waals surface area contributed by atoms with Gasteiger partial charge in [0.25, 0.3) is 0 Å². The number of fused-ring (bicyclic) bond motifs is 5. The second-order valence-corrected chi connectivity index (χ2v) is 12.4. The number of aromatic nitrogens is 2. The van der Waals surface area contributed by atoms with Gasteiger partial charge >= 0.3 is 0 Å². The molecule has 5 rings (SSSR count). The van der Waals surface area contributed by atoms with Crippen LogP contribution in [0.3, 0.4) is 0 Å². The van der Waals surface area contributed by atoms with Crippen molar-refractivity contribution in [3.63, 3.8) is 0 Å². The quantitative estimate of drug-likeness (QED) is 0.328. The first-order chi connectivity index (χ1) is 15.2. The van der Waals surface area contributed by atoms with Gasteiger partial charge in [-0.2, -0.15) is 0 Å². The van der Waals surface area contributed by atoms with Crippen LogP contribution in [0.4, 0.5) is 0 Å². The van der Waals surface area contributed by atoms with E-state index in [-0.39, 0.29) is 27.4 Å². The largest absolute Gasteiger partial charge is 0.508 e. The smallest absolute Gasteiger partial charge is 0.137 e. The van der Waals surface area contributed by atoms with Gasteiger partial charge in [0, 0.05) is 23.0 Å². The number of hydrogen-bond donors (Lipinski definition) is 1. The Morgan fingerprint density at radius 3 is 2.18 bits per heavy atom. The molecule has 0 fully saturated rings. The van der Waals surface area contributed by atoms with E-state index in [1.165, 1.54) is 27.5 Å². The van der Waals surface area contributed by atoms with Gasteiger partial charge in [0.05, 0.1) is 11.0 Å². The fourth-order valence-corrected chi connectivity index (χ4v) is 5.95. The third kappa shape index (κ3) is 2.71. The average Bonchev–Trinajstić information content (AvgIpc) is 3.09. The molecule has 0 unspecified atom stereocenters. The van der Waals surface area contributed by atoms with E-state index in [1.807, 2.05) is 18.3 Å². The zero-order valence-corrected chi connectivity index (χ0v) is 21.5. The molecule has 0 atom stereocenters. The SMILES string of the molecule is CC(C)(C)c1ccnc(-n2c3cc(O)ccc3c3c4c(ccc32)C(C)(C)C(C)(C)C4(C)C)c1. The molecule has 1 aliphatic rings. The minimum atomic E-state index is -0.0248. The summed E-state index contributed by atoms with van der Waals surface area (Å²) >= 11 is 0. The van der Waals surface area contributed by atoms with Gasteiger partial charge in [0.15, 0.2) is 0 Å². The summed E-state index contributed by atoms with van der Waals surface area (Å²) in [6.07, 6.45) is 1.90. The molecular formula is C30H36N2O. The van der Waals surface area contributed by atoms with Crippen molar-refractivity contribution < 1.29 is 5.11 Å². The Morgan fingerprint density at radius 2 is 1.52 bits per heavy atom. The molecule has 0 amide bonds. The fourth-order valence-electron chi connectivity index (χ4n) is 5.95. The molecule has 0 saturated carbocycles. The molecular weight excluding hydrogens is 404 g/mol. The Kier molecular flexibility index (Phi) is 4.27. The number of hydrogen-bond acceptors (Lipinski definition) is 2. The van der Waals surface area contributed by atoms with Crippen LogP contribution in [0.5, 0.6) is 5.75 Å². The molecule has 1 aliphatic carbocycles. The highest BCUT2D eigenvalue weighted by atomic mass is 16.3. The van der Waals surface area contributed by atoms with Gasteiger partial charge in [-0.1, -0.05) is 68.4 Å². The lowest BCUT2D eigenvalue weighted by Gasteiger charge is -2.44. The van der Waals surface area contributed by atoms with Gasteiger partial charge < -0.3 is 5.11 Å². The minimum absolute atomic E-state index is 0.0237. The van der Waals surface area contributed by atoms with Crippen LogP contribution < -0.4 is 0 Å². The predicted molar refractivity (Wildman–Crippen MR) is 139 cm³/mol. The van der Waals surface area contributed by atoms with Crippen LogP contribution >= 0.6 is 0 Å². The van der Waals surface area contributed by atoms with Crippen LogP contribution in [0, 0.1) is 5.41 Å². The third-order valence-electron chi connectivity index (χ3n) is 9.18. The van der Waals surface area contributed by atoms with E-state index in [1.54, 1.807) is 0 Å². The lowest BCUT2D eigenvalue weighted by atomic mass is 9.59. The van der Waals surface area contributed by atoms with Gasteiger partial charge in [-0.05, 0) is 68.7 Å². The first-order valence-electron chi connectivity index (χ1n) is 12.0. The van der Waals surface area contributed by atoms with E-state index >= 15 is 0 Å². The Hall–Kier alpha value is -2.81. The van der Waals surface area contributed by atoms with Crippen molar-refractivity contribution in [3.8, 4) is 11.6 Å². The summed E-state index contributed by atoms with van der Waals surface area (Å²) < 4.78 is 2.23. The molecule has 0 bridgehead atoms. The van der Waals surface area contributed by atoms with Crippen molar-refractivity contribution in [1.29, 1.82) is 0 Å². The van der Waals surface area contributed by atoms with Gasteiger partial charge in [0.1, 0.15) is 11.6 Å². The Balaban J connectivity index is 1.96. The molecule has 2 aromatic carbocycles. The molecule has 0 aliphatic heterocycles. The molecule has 2 heterocycles. The average molecular weight is 441 g/mol. The standard InChI is InChI=1S/C30H36N2O/c1-27(2,3)18-14-15-31-24(16-18)32-22-13-12-21-26(29(6,7)30(8,9)28(21,4)5)25(22)20-11-10-19(33)17-23(20)32/h10-17,33H,1-9H3. The summed E-state index contributed by atoms with van der Waals surface area (Å²) in [5, 5.41) is 12.9.